The van der Waals surface area contributed by atoms with Crippen LogP contribution in [0.1, 0.15) is 35.1 Å². The van der Waals surface area contributed by atoms with Gasteiger partial charge in [0.05, 0.1) is 0 Å². The van der Waals surface area contributed by atoms with Gasteiger partial charge in [-0.2, -0.15) is 0 Å². The molecule has 3 aliphatic rings. The summed E-state index contributed by atoms with van der Waals surface area (Å²) in [6.07, 6.45) is 9.35. The van der Waals surface area contributed by atoms with Crippen LogP contribution in [-0.2, 0) is 12.8 Å². The molecule has 2 aromatic rings. The predicted octanol–water partition coefficient (Wildman–Crippen LogP) is 4.92. The summed E-state index contributed by atoms with van der Waals surface area (Å²) in [5.74, 6) is 0. The molecule has 0 fully saturated rings. The van der Waals surface area contributed by atoms with Gasteiger partial charge in [-0.05, 0) is 76.3 Å². The van der Waals surface area contributed by atoms with Crippen molar-refractivity contribution in [2.24, 2.45) is 0 Å². The topological polar surface area (TPSA) is 0 Å². The van der Waals surface area contributed by atoms with Crippen LogP contribution in [0.4, 0.5) is 0 Å². The van der Waals surface area contributed by atoms with Crippen LogP contribution in [-0.4, -0.2) is 0 Å². The highest BCUT2D eigenvalue weighted by Gasteiger charge is 2.26. The van der Waals surface area contributed by atoms with E-state index in [0.717, 1.165) is 12.8 Å². The van der Waals surface area contributed by atoms with Crippen molar-refractivity contribution in [2.75, 3.05) is 0 Å². The maximum absolute atomic E-state index is 2.48. The smallest absolute Gasteiger partial charge is 0.00132 e. The van der Waals surface area contributed by atoms with Crippen molar-refractivity contribution < 1.29 is 0 Å². The molecule has 0 bridgehead atoms. The summed E-state index contributed by atoms with van der Waals surface area (Å²) >= 11 is 0. The summed E-state index contributed by atoms with van der Waals surface area (Å²) in [7, 11) is 0. The van der Waals surface area contributed by atoms with Crippen molar-refractivity contribution in [3.63, 3.8) is 0 Å². The SMILES string of the molecule is C1=CC2=C(CC1)c1cc3c(cc1C2)-c1ccccc1C3. The normalized spacial score (nSPS) is 17.8. The maximum atomic E-state index is 2.48. The van der Waals surface area contributed by atoms with Gasteiger partial charge < -0.3 is 0 Å². The van der Waals surface area contributed by atoms with E-state index < -0.39 is 0 Å². The number of fused-ring (bicyclic) bond motifs is 5. The summed E-state index contributed by atoms with van der Waals surface area (Å²) in [6.45, 7) is 0. The predicted molar refractivity (Wildman–Crippen MR) is 83.7 cm³/mol. The van der Waals surface area contributed by atoms with Crippen molar-refractivity contribution in [1.82, 2.24) is 0 Å². The monoisotopic (exact) mass is 256 g/mol. The first-order valence-corrected chi connectivity index (χ1v) is 7.53. The quantitative estimate of drug-likeness (QED) is 0.535. The van der Waals surface area contributed by atoms with Gasteiger partial charge in [0.2, 0.25) is 0 Å². The molecule has 20 heavy (non-hydrogen) atoms. The van der Waals surface area contributed by atoms with Crippen LogP contribution >= 0.6 is 0 Å². The molecule has 0 radical (unpaired) electrons. The molecule has 2 aromatic carbocycles. The van der Waals surface area contributed by atoms with E-state index in [1.165, 1.54) is 46.2 Å². The van der Waals surface area contributed by atoms with E-state index in [4.69, 9.17) is 0 Å². The van der Waals surface area contributed by atoms with Gasteiger partial charge in [-0.25, -0.2) is 0 Å². The second-order valence-corrected chi connectivity index (χ2v) is 6.12. The molecule has 0 saturated heterocycles. The van der Waals surface area contributed by atoms with Gasteiger partial charge in [0.1, 0.15) is 0 Å². The zero-order valence-corrected chi connectivity index (χ0v) is 11.4. The van der Waals surface area contributed by atoms with Gasteiger partial charge in [0, 0.05) is 0 Å². The van der Waals surface area contributed by atoms with E-state index in [9.17, 15) is 0 Å². The van der Waals surface area contributed by atoms with E-state index >= 15 is 0 Å². The number of allylic oxidation sites excluding steroid dienone is 4. The minimum atomic E-state index is 1.11. The molecule has 0 nitrogen and oxygen atoms in total. The Balaban J connectivity index is 1.71. The number of rotatable bonds is 0. The van der Waals surface area contributed by atoms with E-state index in [1.54, 1.807) is 11.1 Å². The molecule has 5 rings (SSSR count). The zero-order valence-electron chi connectivity index (χ0n) is 11.4. The summed E-state index contributed by atoms with van der Waals surface area (Å²) in [6, 6.07) is 13.8. The highest BCUT2D eigenvalue weighted by atomic mass is 14.3. The van der Waals surface area contributed by atoms with Crippen molar-refractivity contribution >= 4 is 5.57 Å². The molecule has 96 valence electrons. The molecular weight excluding hydrogens is 240 g/mol. The van der Waals surface area contributed by atoms with Gasteiger partial charge in [0.15, 0.2) is 0 Å². The Kier molecular flexibility index (Phi) is 1.99. The van der Waals surface area contributed by atoms with E-state index in [2.05, 4.69) is 48.6 Å². The van der Waals surface area contributed by atoms with Gasteiger partial charge >= 0.3 is 0 Å². The Morgan fingerprint density at radius 1 is 0.750 bits per heavy atom. The highest BCUT2D eigenvalue weighted by molar-refractivity contribution is 5.85. The molecule has 0 heterocycles. The Hall–Kier alpha value is -2.08. The number of benzene rings is 2. The van der Waals surface area contributed by atoms with Crippen molar-refractivity contribution in [3.8, 4) is 11.1 Å². The Labute approximate surface area is 119 Å². The lowest BCUT2D eigenvalue weighted by atomic mass is 9.94. The highest BCUT2D eigenvalue weighted by Crippen LogP contribution is 2.44. The van der Waals surface area contributed by atoms with Crippen LogP contribution in [0.25, 0.3) is 16.7 Å². The van der Waals surface area contributed by atoms with Gasteiger partial charge in [-0.1, -0.05) is 42.5 Å². The standard InChI is InChI=1S/C20H16/c1-3-7-17-13(5-1)9-15-11-20-16(12-19(15)17)10-14-6-2-4-8-18(14)20/h1-3,5-7,11-12H,4,8-10H2. The third-order valence-corrected chi connectivity index (χ3v) is 4.99. The Bertz CT molecular complexity index is 803. The fraction of sp³-hybridized carbons (Fsp3) is 0.200. The molecule has 0 N–H and O–H groups in total. The number of hydrogen-bond donors (Lipinski definition) is 0. The van der Waals surface area contributed by atoms with Crippen molar-refractivity contribution in [1.29, 1.82) is 0 Å². The molecule has 0 spiro atoms. The second-order valence-electron chi connectivity index (χ2n) is 6.12. The van der Waals surface area contributed by atoms with Crippen LogP contribution < -0.4 is 0 Å². The Morgan fingerprint density at radius 2 is 1.60 bits per heavy atom. The average Bonchev–Trinajstić information content (AvgIpc) is 3.02. The van der Waals surface area contributed by atoms with E-state index in [1.807, 2.05) is 0 Å². The van der Waals surface area contributed by atoms with Gasteiger partial charge in [0.25, 0.3) is 0 Å². The second kappa shape index (κ2) is 3.73. The minimum Gasteiger partial charge on any atom is -0.0839 e. The molecule has 0 atom stereocenters. The van der Waals surface area contributed by atoms with Crippen LogP contribution in [0.15, 0.2) is 54.1 Å². The van der Waals surface area contributed by atoms with Crippen LogP contribution in [0, 0.1) is 0 Å². The summed E-state index contributed by atoms with van der Waals surface area (Å²) in [5.41, 5.74) is 12.2. The fourth-order valence-electron chi connectivity index (χ4n) is 4.05. The molecular formula is C20H16. The molecule has 0 unspecified atom stereocenters. The lowest BCUT2D eigenvalue weighted by molar-refractivity contribution is 1.04. The first kappa shape index (κ1) is 10.7. The summed E-state index contributed by atoms with van der Waals surface area (Å²) in [4.78, 5) is 0. The molecule has 3 aliphatic carbocycles. The first-order chi connectivity index (χ1) is 9.90. The maximum Gasteiger partial charge on any atom is -0.00132 e. The van der Waals surface area contributed by atoms with E-state index in [0.29, 0.717) is 0 Å². The largest absolute Gasteiger partial charge is 0.0839 e. The number of hydrogen-bond acceptors (Lipinski definition) is 0. The van der Waals surface area contributed by atoms with Crippen LogP contribution in [0.3, 0.4) is 0 Å². The van der Waals surface area contributed by atoms with Gasteiger partial charge in [-0.15, -0.1) is 0 Å². The lowest BCUT2D eigenvalue weighted by Gasteiger charge is -2.10. The van der Waals surface area contributed by atoms with Crippen molar-refractivity contribution in [2.45, 2.75) is 25.7 Å². The molecule has 0 amide bonds. The van der Waals surface area contributed by atoms with Crippen LogP contribution in [0.5, 0.6) is 0 Å². The van der Waals surface area contributed by atoms with E-state index in [-0.39, 0.29) is 0 Å². The fourth-order valence-corrected chi connectivity index (χ4v) is 4.05. The molecule has 0 heteroatoms. The third kappa shape index (κ3) is 1.31. The Morgan fingerprint density at radius 3 is 2.60 bits per heavy atom. The van der Waals surface area contributed by atoms with Gasteiger partial charge in [-0.3, -0.25) is 0 Å². The molecule has 0 aromatic heterocycles. The molecule has 0 saturated carbocycles. The zero-order chi connectivity index (χ0) is 13.1. The lowest BCUT2D eigenvalue weighted by Crippen LogP contribution is -1.90. The van der Waals surface area contributed by atoms with Crippen molar-refractivity contribution in [3.05, 3.63) is 76.4 Å². The average molecular weight is 256 g/mol. The molecule has 0 aliphatic heterocycles. The first-order valence-electron chi connectivity index (χ1n) is 7.53. The summed E-state index contributed by atoms with van der Waals surface area (Å²) in [5, 5.41) is 0. The third-order valence-electron chi connectivity index (χ3n) is 4.99. The van der Waals surface area contributed by atoms with Crippen LogP contribution in [0.2, 0.25) is 0 Å². The summed E-state index contributed by atoms with van der Waals surface area (Å²) < 4.78 is 0. The minimum absolute atomic E-state index is 1.11.